The molecule has 122 valence electrons. The molecule has 2 rings (SSSR count). The predicted octanol–water partition coefficient (Wildman–Crippen LogP) is 5.65. The van der Waals surface area contributed by atoms with Crippen LogP contribution in [0.15, 0.2) is 47.0 Å². The van der Waals surface area contributed by atoms with Gasteiger partial charge in [0.05, 0.1) is 0 Å². The van der Waals surface area contributed by atoms with Crippen molar-refractivity contribution in [2.75, 3.05) is 0 Å². The van der Waals surface area contributed by atoms with E-state index in [-0.39, 0.29) is 5.41 Å². The van der Waals surface area contributed by atoms with Crippen molar-refractivity contribution in [2.24, 2.45) is 5.92 Å². The summed E-state index contributed by atoms with van der Waals surface area (Å²) in [6, 6.07) is 8.35. The maximum Gasteiger partial charge on any atom is 0.253 e. The molecule has 0 radical (unpaired) electrons. The molecule has 0 amide bonds. The highest BCUT2D eigenvalue weighted by Crippen LogP contribution is 2.25. The molecule has 1 aromatic carbocycles. The molecule has 3 heteroatoms. The van der Waals surface area contributed by atoms with Gasteiger partial charge >= 0.3 is 0 Å². The van der Waals surface area contributed by atoms with Crippen LogP contribution in [-0.2, 0) is 5.41 Å². The number of hydrogen-bond donors (Lipinski definition) is 0. The molecule has 0 aliphatic rings. The lowest BCUT2D eigenvalue weighted by Gasteiger charge is -2.18. The van der Waals surface area contributed by atoms with Crippen LogP contribution in [0.1, 0.15) is 53.0 Å². The Balaban J connectivity index is 2.19. The summed E-state index contributed by atoms with van der Waals surface area (Å²) in [7, 11) is 0. The van der Waals surface area contributed by atoms with E-state index in [1.54, 1.807) is 0 Å². The molecule has 1 aromatic heterocycles. The minimum atomic E-state index is 0.142. The van der Waals surface area contributed by atoms with Crippen LogP contribution in [0, 0.1) is 5.92 Å². The summed E-state index contributed by atoms with van der Waals surface area (Å²) in [6.45, 7) is 12.9. The van der Waals surface area contributed by atoms with Crippen LogP contribution in [0.2, 0.25) is 0 Å². The molecule has 0 saturated heterocycles. The van der Waals surface area contributed by atoms with Crippen LogP contribution < -0.4 is 0 Å². The summed E-state index contributed by atoms with van der Waals surface area (Å²) in [5.74, 6) is 1.72. The first kappa shape index (κ1) is 17.2. The van der Waals surface area contributed by atoms with Crippen molar-refractivity contribution in [1.82, 2.24) is 10.1 Å². The van der Waals surface area contributed by atoms with E-state index < -0.39 is 0 Å². The zero-order chi connectivity index (χ0) is 17.0. The lowest BCUT2D eigenvalue weighted by molar-refractivity contribution is 0.408. The second-order valence-electron chi connectivity index (χ2n) is 7.23. The maximum absolute atomic E-state index is 5.37. The molecule has 0 spiro atoms. The van der Waals surface area contributed by atoms with Gasteiger partial charge in [-0.15, -0.1) is 0 Å². The molecule has 0 fully saturated rings. The number of rotatable bonds is 4. The standard InChI is InChI=1S/C20H26N2O/c1-14(2)8-7-9-15(3)19-21-18(22-23-19)16-10-12-17(13-11-16)20(4,5)6/h7-14H,1-6H3/b8-7+,15-9+. The smallest absolute Gasteiger partial charge is 0.253 e. The van der Waals surface area contributed by atoms with E-state index in [0.717, 1.165) is 11.1 Å². The quantitative estimate of drug-likeness (QED) is 0.685. The van der Waals surface area contributed by atoms with E-state index in [2.05, 4.69) is 63.0 Å². The average Bonchev–Trinajstić information content (AvgIpc) is 2.96. The molecule has 0 N–H and O–H groups in total. The fourth-order valence-corrected chi connectivity index (χ4v) is 2.11. The third kappa shape index (κ3) is 4.65. The lowest BCUT2D eigenvalue weighted by Crippen LogP contribution is -2.10. The normalized spacial score (nSPS) is 13.3. The van der Waals surface area contributed by atoms with Crippen LogP contribution in [0.5, 0.6) is 0 Å². The van der Waals surface area contributed by atoms with Crippen LogP contribution >= 0.6 is 0 Å². The molecule has 3 nitrogen and oxygen atoms in total. The summed E-state index contributed by atoms with van der Waals surface area (Å²) >= 11 is 0. The van der Waals surface area contributed by atoms with Crippen molar-refractivity contribution in [3.8, 4) is 11.4 Å². The van der Waals surface area contributed by atoms with Gasteiger partial charge in [-0.1, -0.05) is 82.3 Å². The Labute approximate surface area is 139 Å². The van der Waals surface area contributed by atoms with Gasteiger partial charge in [-0.25, -0.2) is 0 Å². The third-order valence-electron chi connectivity index (χ3n) is 3.61. The minimum absolute atomic E-state index is 0.142. The second kappa shape index (κ2) is 6.95. The monoisotopic (exact) mass is 310 g/mol. The van der Waals surface area contributed by atoms with Gasteiger partial charge in [-0.2, -0.15) is 4.98 Å². The number of allylic oxidation sites excluding steroid dienone is 4. The molecule has 0 unspecified atom stereocenters. The number of nitrogens with zero attached hydrogens (tertiary/aromatic N) is 2. The molecular weight excluding hydrogens is 284 g/mol. The average molecular weight is 310 g/mol. The number of hydrogen-bond acceptors (Lipinski definition) is 3. The summed E-state index contributed by atoms with van der Waals surface area (Å²) in [5.41, 5.74) is 3.37. The van der Waals surface area contributed by atoms with Crippen molar-refractivity contribution in [1.29, 1.82) is 0 Å². The van der Waals surface area contributed by atoms with Crippen molar-refractivity contribution < 1.29 is 4.52 Å². The minimum Gasteiger partial charge on any atom is -0.334 e. The first-order chi connectivity index (χ1) is 10.8. The number of benzene rings is 1. The highest BCUT2D eigenvalue weighted by Gasteiger charge is 2.14. The predicted molar refractivity (Wildman–Crippen MR) is 96.1 cm³/mol. The van der Waals surface area contributed by atoms with Gasteiger partial charge in [0.2, 0.25) is 5.82 Å². The Hall–Kier alpha value is -2.16. The fourth-order valence-electron chi connectivity index (χ4n) is 2.11. The van der Waals surface area contributed by atoms with Gasteiger partial charge in [-0.05, 0) is 23.8 Å². The molecule has 0 bridgehead atoms. The van der Waals surface area contributed by atoms with Gasteiger partial charge in [0.15, 0.2) is 0 Å². The zero-order valence-electron chi connectivity index (χ0n) is 14.9. The Bertz CT molecular complexity index is 698. The Morgan fingerprint density at radius 2 is 1.78 bits per heavy atom. The Morgan fingerprint density at radius 1 is 1.13 bits per heavy atom. The van der Waals surface area contributed by atoms with E-state index in [1.165, 1.54) is 5.56 Å². The molecule has 0 aliphatic heterocycles. The van der Waals surface area contributed by atoms with E-state index in [4.69, 9.17) is 4.52 Å². The first-order valence-electron chi connectivity index (χ1n) is 8.07. The van der Waals surface area contributed by atoms with E-state index >= 15 is 0 Å². The third-order valence-corrected chi connectivity index (χ3v) is 3.61. The molecule has 0 saturated carbocycles. The zero-order valence-corrected chi connectivity index (χ0v) is 14.9. The second-order valence-corrected chi connectivity index (χ2v) is 7.23. The fraction of sp³-hybridized carbons (Fsp3) is 0.400. The van der Waals surface area contributed by atoms with Gasteiger partial charge in [0.1, 0.15) is 0 Å². The highest BCUT2D eigenvalue weighted by atomic mass is 16.5. The van der Waals surface area contributed by atoms with E-state index in [9.17, 15) is 0 Å². The molecule has 0 aliphatic carbocycles. The van der Waals surface area contributed by atoms with Crippen molar-refractivity contribution >= 4 is 5.57 Å². The largest absolute Gasteiger partial charge is 0.334 e. The van der Waals surface area contributed by atoms with Crippen LogP contribution in [0.25, 0.3) is 17.0 Å². The molecule has 1 heterocycles. The summed E-state index contributed by atoms with van der Waals surface area (Å²) in [5, 5.41) is 4.09. The topological polar surface area (TPSA) is 38.9 Å². The Kier molecular flexibility index (Phi) is 5.19. The van der Waals surface area contributed by atoms with Gasteiger partial charge in [0.25, 0.3) is 5.89 Å². The first-order valence-corrected chi connectivity index (χ1v) is 8.07. The SMILES string of the molecule is C/C(=C\C=C\C(C)C)c1nc(-c2ccc(C(C)(C)C)cc2)no1. The molecule has 0 atom stereocenters. The van der Waals surface area contributed by atoms with Crippen LogP contribution in [-0.4, -0.2) is 10.1 Å². The van der Waals surface area contributed by atoms with E-state index in [0.29, 0.717) is 17.6 Å². The molecular formula is C20H26N2O. The van der Waals surface area contributed by atoms with Gasteiger partial charge in [0, 0.05) is 11.1 Å². The number of aromatic nitrogens is 2. The molecule has 2 aromatic rings. The van der Waals surface area contributed by atoms with Crippen molar-refractivity contribution in [2.45, 2.75) is 47.0 Å². The van der Waals surface area contributed by atoms with Gasteiger partial charge < -0.3 is 4.52 Å². The molecule has 23 heavy (non-hydrogen) atoms. The van der Waals surface area contributed by atoms with Crippen molar-refractivity contribution in [3.05, 3.63) is 53.9 Å². The maximum atomic E-state index is 5.37. The van der Waals surface area contributed by atoms with Gasteiger partial charge in [-0.3, -0.25) is 0 Å². The van der Waals surface area contributed by atoms with E-state index in [1.807, 2.05) is 31.2 Å². The summed E-state index contributed by atoms with van der Waals surface area (Å²) in [4.78, 5) is 4.49. The van der Waals surface area contributed by atoms with Crippen molar-refractivity contribution in [3.63, 3.8) is 0 Å². The Morgan fingerprint density at radius 3 is 2.35 bits per heavy atom. The lowest BCUT2D eigenvalue weighted by atomic mass is 9.87. The summed E-state index contributed by atoms with van der Waals surface area (Å²) < 4.78 is 5.37. The summed E-state index contributed by atoms with van der Waals surface area (Å²) in [6.07, 6.45) is 6.16. The van der Waals surface area contributed by atoms with Crippen LogP contribution in [0.4, 0.5) is 0 Å². The van der Waals surface area contributed by atoms with Crippen LogP contribution in [0.3, 0.4) is 0 Å². The highest BCUT2D eigenvalue weighted by molar-refractivity contribution is 5.61.